The van der Waals surface area contributed by atoms with E-state index in [9.17, 15) is 14.7 Å². The normalized spacial score (nSPS) is 17.5. The summed E-state index contributed by atoms with van der Waals surface area (Å²) in [5.74, 6) is -0.790. The molecule has 0 radical (unpaired) electrons. The minimum absolute atomic E-state index is 0.330. The lowest BCUT2D eigenvalue weighted by Crippen LogP contribution is -2.42. The molecule has 0 fully saturated rings. The lowest BCUT2D eigenvalue weighted by Gasteiger charge is -2.23. The lowest BCUT2D eigenvalue weighted by molar-refractivity contribution is -0.135. The summed E-state index contributed by atoms with van der Waals surface area (Å²) in [5, 5.41) is 13.1. The standard InChI is InChI=1S/C27H23ClN2O3/c28-20-9-5-7-18(15-20)25(31)16-27(33)22-11-2-4-13-24(22)30(26(27)32)14-6-8-19-17-29-23-12-3-1-10-21(19)23/h1-5,7,9-13,15,17,29,33H,6,8,14,16H2. The summed E-state index contributed by atoms with van der Waals surface area (Å²) in [6.07, 6.45) is 3.18. The number of halogens is 1. The molecule has 5 rings (SSSR count). The maximum Gasteiger partial charge on any atom is 0.264 e. The van der Waals surface area contributed by atoms with Gasteiger partial charge >= 0.3 is 0 Å². The van der Waals surface area contributed by atoms with E-state index in [1.165, 1.54) is 10.9 Å². The fourth-order valence-corrected chi connectivity index (χ4v) is 4.85. The maximum atomic E-state index is 13.4. The van der Waals surface area contributed by atoms with Crippen LogP contribution in [0, 0.1) is 0 Å². The molecule has 1 amide bonds. The van der Waals surface area contributed by atoms with Crippen LogP contribution >= 0.6 is 11.6 Å². The molecule has 1 atom stereocenters. The molecular formula is C27H23ClN2O3. The molecular weight excluding hydrogens is 436 g/mol. The molecule has 2 heterocycles. The first-order valence-electron chi connectivity index (χ1n) is 10.9. The molecule has 1 unspecified atom stereocenters. The third kappa shape index (κ3) is 3.84. The molecule has 1 aromatic heterocycles. The van der Waals surface area contributed by atoms with E-state index in [2.05, 4.69) is 11.1 Å². The molecule has 1 aliphatic heterocycles. The zero-order valence-corrected chi connectivity index (χ0v) is 18.7. The number of carbonyl (C=O) groups excluding carboxylic acids is 2. The monoisotopic (exact) mass is 458 g/mol. The third-order valence-corrected chi connectivity index (χ3v) is 6.54. The van der Waals surface area contributed by atoms with Gasteiger partial charge in [0.2, 0.25) is 0 Å². The van der Waals surface area contributed by atoms with Crippen LogP contribution in [0.5, 0.6) is 0 Å². The van der Waals surface area contributed by atoms with Crippen LogP contribution in [0.3, 0.4) is 0 Å². The van der Waals surface area contributed by atoms with Crippen molar-refractivity contribution in [2.75, 3.05) is 11.4 Å². The minimum Gasteiger partial charge on any atom is -0.375 e. The summed E-state index contributed by atoms with van der Waals surface area (Å²) >= 11 is 6.02. The summed E-state index contributed by atoms with van der Waals surface area (Å²) in [5.41, 5.74) is 1.89. The van der Waals surface area contributed by atoms with Gasteiger partial charge in [-0.25, -0.2) is 0 Å². The van der Waals surface area contributed by atoms with Crippen molar-refractivity contribution in [1.29, 1.82) is 0 Å². The average Bonchev–Trinajstić information content (AvgIpc) is 3.32. The second-order valence-electron chi connectivity index (χ2n) is 8.41. The molecule has 0 spiro atoms. The Morgan fingerprint density at radius 2 is 1.82 bits per heavy atom. The predicted molar refractivity (Wildman–Crippen MR) is 130 cm³/mol. The van der Waals surface area contributed by atoms with Gasteiger partial charge in [-0.1, -0.05) is 60.1 Å². The Morgan fingerprint density at radius 1 is 1.03 bits per heavy atom. The highest BCUT2D eigenvalue weighted by atomic mass is 35.5. The SMILES string of the molecule is O=C(CC1(O)C(=O)N(CCCc2c[nH]c3ccccc23)c2ccccc21)c1cccc(Cl)c1. The minimum atomic E-state index is -1.89. The molecule has 0 bridgehead atoms. The number of aryl methyl sites for hydroxylation is 1. The van der Waals surface area contributed by atoms with E-state index in [1.54, 1.807) is 41.3 Å². The largest absolute Gasteiger partial charge is 0.375 e. The van der Waals surface area contributed by atoms with E-state index in [1.807, 2.05) is 36.5 Å². The number of fused-ring (bicyclic) bond motifs is 2. The number of nitrogens with one attached hydrogen (secondary N) is 1. The van der Waals surface area contributed by atoms with Crippen LogP contribution in [0.15, 0.2) is 79.0 Å². The number of rotatable bonds is 7. The number of nitrogens with zero attached hydrogens (tertiary/aromatic N) is 1. The number of aromatic amines is 1. The second kappa shape index (κ2) is 8.50. The molecule has 2 N–H and O–H groups in total. The zero-order valence-electron chi connectivity index (χ0n) is 17.9. The first-order valence-corrected chi connectivity index (χ1v) is 11.3. The van der Waals surface area contributed by atoms with Crippen molar-refractivity contribution in [2.24, 2.45) is 0 Å². The van der Waals surface area contributed by atoms with Gasteiger partial charge in [0.15, 0.2) is 11.4 Å². The summed E-state index contributed by atoms with van der Waals surface area (Å²) in [6.45, 7) is 0.447. The van der Waals surface area contributed by atoms with Crippen molar-refractivity contribution in [3.8, 4) is 0 Å². The van der Waals surface area contributed by atoms with Gasteiger partial charge in [-0.3, -0.25) is 9.59 Å². The van der Waals surface area contributed by atoms with Crippen molar-refractivity contribution in [2.45, 2.75) is 24.9 Å². The molecule has 33 heavy (non-hydrogen) atoms. The summed E-state index contributed by atoms with van der Waals surface area (Å²) in [7, 11) is 0. The van der Waals surface area contributed by atoms with Gasteiger partial charge < -0.3 is 15.0 Å². The number of anilines is 1. The van der Waals surface area contributed by atoms with E-state index < -0.39 is 11.5 Å². The lowest BCUT2D eigenvalue weighted by atomic mass is 9.88. The fourth-order valence-electron chi connectivity index (χ4n) is 4.66. The Labute approximate surface area is 196 Å². The topological polar surface area (TPSA) is 73.4 Å². The van der Waals surface area contributed by atoms with Gasteiger partial charge in [-0.05, 0) is 42.7 Å². The van der Waals surface area contributed by atoms with Crippen molar-refractivity contribution in [3.05, 3.63) is 101 Å². The number of para-hydroxylation sites is 2. The molecule has 0 saturated carbocycles. The van der Waals surface area contributed by atoms with Crippen LogP contribution in [-0.2, 0) is 16.8 Å². The second-order valence-corrected chi connectivity index (χ2v) is 8.84. The van der Waals surface area contributed by atoms with Crippen LogP contribution in [0.1, 0.15) is 34.3 Å². The van der Waals surface area contributed by atoms with Gasteiger partial charge in [0.25, 0.3) is 5.91 Å². The molecule has 1 aliphatic rings. The van der Waals surface area contributed by atoms with Gasteiger partial charge in [-0.2, -0.15) is 0 Å². The first kappa shape index (κ1) is 21.4. The van der Waals surface area contributed by atoms with Crippen LogP contribution in [0.2, 0.25) is 5.02 Å². The number of carbonyl (C=O) groups is 2. The average molecular weight is 459 g/mol. The van der Waals surface area contributed by atoms with Gasteiger partial charge in [0, 0.05) is 39.8 Å². The van der Waals surface area contributed by atoms with Gasteiger partial charge in [0.1, 0.15) is 0 Å². The number of hydrogen-bond acceptors (Lipinski definition) is 3. The van der Waals surface area contributed by atoms with Crippen LogP contribution in [-0.4, -0.2) is 28.3 Å². The van der Waals surface area contributed by atoms with Gasteiger partial charge in [0.05, 0.1) is 12.1 Å². The summed E-state index contributed by atoms with van der Waals surface area (Å²) < 4.78 is 0. The van der Waals surface area contributed by atoms with E-state index in [4.69, 9.17) is 11.6 Å². The van der Waals surface area contributed by atoms with Crippen molar-refractivity contribution < 1.29 is 14.7 Å². The highest BCUT2D eigenvalue weighted by Gasteiger charge is 2.50. The Kier molecular flexibility index (Phi) is 5.52. The highest BCUT2D eigenvalue weighted by Crippen LogP contribution is 2.43. The number of benzene rings is 3. The van der Waals surface area contributed by atoms with E-state index in [-0.39, 0.29) is 12.2 Å². The van der Waals surface area contributed by atoms with Crippen molar-refractivity contribution in [3.63, 3.8) is 0 Å². The van der Waals surface area contributed by atoms with Crippen LogP contribution in [0.4, 0.5) is 5.69 Å². The number of amides is 1. The fraction of sp³-hybridized carbons (Fsp3) is 0.185. The van der Waals surface area contributed by atoms with Crippen molar-refractivity contribution >= 4 is 39.9 Å². The smallest absolute Gasteiger partial charge is 0.264 e. The Bertz CT molecular complexity index is 1360. The number of ketones is 1. The third-order valence-electron chi connectivity index (χ3n) is 6.31. The predicted octanol–water partition coefficient (Wildman–Crippen LogP) is 5.26. The number of aromatic nitrogens is 1. The molecule has 5 nitrogen and oxygen atoms in total. The van der Waals surface area contributed by atoms with Gasteiger partial charge in [-0.15, -0.1) is 0 Å². The van der Waals surface area contributed by atoms with Crippen LogP contribution < -0.4 is 4.90 Å². The molecule has 4 aromatic rings. The number of aliphatic hydroxyl groups is 1. The Balaban J connectivity index is 1.36. The van der Waals surface area contributed by atoms with Crippen LogP contribution in [0.25, 0.3) is 10.9 Å². The molecule has 0 aliphatic carbocycles. The maximum absolute atomic E-state index is 13.4. The van der Waals surface area contributed by atoms with E-state index in [0.717, 1.165) is 18.4 Å². The highest BCUT2D eigenvalue weighted by molar-refractivity contribution is 6.31. The van der Waals surface area contributed by atoms with E-state index in [0.29, 0.717) is 28.4 Å². The quantitative estimate of drug-likeness (QED) is 0.371. The number of hydrogen-bond donors (Lipinski definition) is 2. The summed E-state index contributed by atoms with van der Waals surface area (Å²) in [6, 6.07) is 21.8. The van der Waals surface area contributed by atoms with E-state index >= 15 is 0 Å². The Morgan fingerprint density at radius 3 is 2.67 bits per heavy atom. The molecule has 0 saturated heterocycles. The first-order chi connectivity index (χ1) is 16.0. The molecule has 166 valence electrons. The van der Waals surface area contributed by atoms with Crippen molar-refractivity contribution in [1.82, 2.24) is 4.98 Å². The number of Topliss-reactive ketones (excluding diaryl/α,β-unsaturated/α-hetero) is 1. The molecule has 6 heteroatoms. The number of H-pyrrole nitrogens is 1. The summed E-state index contributed by atoms with van der Waals surface area (Å²) in [4.78, 5) is 31.2. The molecule has 3 aromatic carbocycles. The Hall–Kier alpha value is -3.41. The zero-order chi connectivity index (χ0) is 23.0.